The van der Waals surface area contributed by atoms with Crippen LogP contribution >= 0.6 is 0 Å². The predicted molar refractivity (Wildman–Crippen MR) is 58.2 cm³/mol. The van der Waals surface area contributed by atoms with Gasteiger partial charge in [0.2, 0.25) is 0 Å². The molecule has 82 valence electrons. The summed E-state index contributed by atoms with van der Waals surface area (Å²) in [5.41, 5.74) is 0.483. The zero-order chi connectivity index (χ0) is 11.1. The summed E-state index contributed by atoms with van der Waals surface area (Å²) in [7, 11) is 1.37. The van der Waals surface area contributed by atoms with Crippen molar-refractivity contribution in [1.29, 1.82) is 0 Å². The molecule has 0 spiro atoms. The SMILES string of the molecule is CCCCOc1ccccc1C(=O)OC. The Morgan fingerprint density at radius 1 is 1.33 bits per heavy atom. The second-order valence-corrected chi connectivity index (χ2v) is 3.19. The molecule has 3 heteroatoms. The molecule has 0 saturated carbocycles. The third-order valence-electron chi connectivity index (χ3n) is 2.05. The lowest BCUT2D eigenvalue weighted by Crippen LogP contribution is -2.06. The van der Waals surface area contributed by atoms with Crippen molar-refractivity contribution in [3.8, 4) is 5.75 Å². The van der Waals surface area contributed by atoms with Gasteiger partial charge in [0.1, 0.15) is 11.3 Å². The van der Waals surface area contributed by atoms with E-state index in [1.54, 1.807) is 18.2 Å². The van der Waals surface area contributed by atoms with Gasteiger partial charge in [-0.1, -0.05) is 25.5 Å². The van der Waals surface area contributed by atoms with Gasteiger partial charge in [0.15, 0.2) is 0 Å². The first-order chi connectivity index (χ1) is 7.29. The molecule has 0 N–H and O–H groups in total. The molecule has 0 radical (unpaired) electrons. The van der Waals surface area contributed by atoms with Crippen LogP contribution in [-0.2, 0) is 4.74 Å². The van der Waals surface area contributed by atoms with Gasteiger partial charge in [-0.05, 0) is 18.6 Å². The number of esters is 1. The molecule has 1 rings (SSSR count). The summed E-state index contributed by atoms with van der Waals surface area (Å²) in [5, 5.41) is 0. The number of hydrogen-bond donors (Lipinski definition) is 0. The Kier molecular flexibility index (Phi) is 4.68. The van der Waals surface area contributed by atoms with Gasteiger partial charge in [0.05, 0.1) is 13.7 Å². The molecule has 0 aliphatic heterocycles. The predicted octanol–water partition coefficient (Wildman–Crippen LogP) is 2.65. The smallest absolute Gasteiger partial charge is 0.341 e. The molecular weight excluding hydrogens is 192 g/mol. The molecular formula is C12H16O3. The van der Waals surface area contributed by atoms with Gasteiger partial charge in [-0.2, -0.15) is 0 Å². The molecule has 0 aliphatic rings. The number of hydrogen-bond acceptors (Lipinski definition) is 3. The standard InChI is InChI=1S/C12H16O3/c1-3-4-9-15-11-8-6-5-7-10(11)12(13)14-2/h5-8H,3-4,9H2,1-2H3. The van der Waals surface area contributed by atoms with E-state index < -0.39 is 0 Å². The molecule has 1 aromatic carbocycles. The molecule has 3 nitrogen and oxygen atoms in total. The first-order valence-corrected chi connectivity index (χ1v) is 5.09. The van der Waals surface area contributed by atoms with E-state index in [9.17, 15) is 4.79 Å². The number of unbranched alkanes of at least 4 members (excludes halogenated alkanes) is 1. The van der Waals surface area contributed by atoms with Crippen LogP contribution in [0.2, 0.25) is 0 Å². The minimum absolute atomic E-state index is 0.359. The summed E-state index contributed by atoms with van der Waals surface area (Å²) in [4.78, 5) is 11.4. The quantitative estimate of drug-likeness (QED) is 0.551. The highest BCUT2D eigenvalue weighted by molar-refractivity contribution is 5.92. The van der Waals surface area contributed by atoms with Crippen LogP contribution in [0.4, 0.5) is 0 Å². The lowest BCUT2D eigenvalue weighted by Gasteiger charge is -2.09. The summed E-state index contributed by atoms with van der Waals surface area (Å²) in [6.07, 6.45) is 2.05. The largest absolute Gasteiger partial charge is 0.493 e. The molecule has 0 unspecified atom stereocenters. The van der Waals surface area contributed by atoms with Crippen LogP contribution in [-0.4, -0.2) is 19.7 Å². The van der Waals surface area contributed by atoms with Crippen LogP contribution in [0.1, 0.15) is 30.1 Å². The number of benzene rings is 1. The molecule has 0 atom stereocenters. The highest BCUT2D eigenvalue weighted by atomic mass is 16.5. The Hall–Kier alpha value is -1.51. The van der Waals surface area contributed by atoms with Crippen molar-refractivity contribution in [3.05, 3.63) is 29.8 Å². The van der Waals surface area contributed by atoms with Crippen molar-refractivity contribution in [1.82, 2.24) is 0 Å². The topological polar surface area (TPSA) is 35.5 Å². The van der Waals surface area contributed by atoms with E-state index in [2.05, 4.69) is 11.7 Å². The van der Waals surface area contributed by atoms with Crippen molar-refractivity contribution in [2.75, 3.05) is 13.7 Å². The Morgan fingerprint density at radius 3 is 2.73 bits per heavy atom. The van der Waals surface area contributed by atoms with Gasteiger partial charge in [-0.3, -0.25) is 0 Å². The summed E-state index contributed by atoms with van der Waals surface area (Å²) >= 11 is 0. The fraction of sp³-hybridized carbons (Fsp3) is 0.417. The van der Waals surface area contributed by atoms with Crippen LogP contribution in [0.15, 0.2) is 24.3 Å². The minimum atomic E-state index is -0.359. The van der Waals surface area contributed by atoms with E-state index in [1.165, 1.54) is 7.11 Å². The summed E-state index contributed by atoms with van der Waals surface area (Å²) in [6, 6.07) is 7.11. The number of carbonyl (C=O) groups excluding carboxylic acids is 1. The Bertz CT molecular complexity index is 320. The molecule has 0 amide bonds. The van der Waals surface area contributed by atoms with Crippen LogP contribution in [0.25, 0.3) is 0 Å². The monoisotopic (exact) mass is 208 g/mol. The fourth-order valence-electron chi connectivity index (χ4n) is 1.20. The van der Waals surface area contributed by atoms with Crippen molar-refractivity contribution in [2.24, 2.45) is 0 Å². The van der Waals surface area contributed by atoms with Crippen molar-refractivity contribution in [3.63, 3.8) is 0 Å². The zero-order valence-electron chi connectivity index (χ0n) is 9.16. The highest BCUT2D eigenvalue weighted by Gasteiger charge is 2.11. The van der Waals surface area contributed by atoms with E-state index in [4.69, 9.17) is 4.74 Å². The summed E-state index contributed by atoms with van der Waals surface area (Å²) < 4.78 is 10.2. The molecule has 0 fully saturated rings. The first kappa shape index (κ1) is 11.6. The average Bonchev–Trinajstić information content (AvgIpc) is 2.29. The van der Waals surface area contributed by atoms with E-state index in [0.717, 1.165) is 12.8 Å². The third-order valence-corrected chi connectivity index (χ3v) is 2.05. The maximum absolute atomic E-state index is 11.4. The Balaban J connectivity index is 2.73. The van der Waals surface area contributed by atoms with Crippen LogP contribution in [0.5, 0.6) is 5.75 Å². The Morgan fingerprint density at radius 2 is 2.07 bits per heavy atom. The maximum atomic E-state index is 11.4. The third kappa shape index (κ3) is 3.27. The van der Waals surface area contributed by atoms with Crippen molar-refractivity contribution >= 4 is 5.97 Å². The van der Waals surface area contributed by atoms with Crippen LogP contribution in [0.3, 0.4) is 0 Å². The van der Waals surface area contributed by atoms with Gasteiger partial charge in [-0.15, -0.1) is 0 Å². The van der Waals surface area contributed by atoms with Gasteiger partial charge in [-0.25, -0.2) is 4.79 Å². The van der Waals surface area contributed by atoms with Crippen molar-refractivity contribution < 1.29 is 14.3 Å². The van der Waals surface area contributed by atoms with Crippen molar-refractivity contribution in [2.45, 2.75) is 19.8 Å². The number of rotatable bonds is 5. The van der Waals surface area contributed by atoms with Gasteiger partial charge >= 0.3 is 5.97 Å². The van der Waals surface area contributed by atoms with Crippen LogP contribution < -0.4 is 4.74 Å². The van der Waals surface area contributed by atoms with Gasteiger partial charge in [0, 0.05) is 0 Å². The maximum Gasteiger partial charge on any atom is 0.341 e. The number of ether oxygens (including phenoxy) is 2. The summed E-state index contributed by atoms with van der Waals surface area (Å²) in [6.45, 7) is 2.72. The molecule has 15 heavy (non-hydrogen) atoms. The lowest BCUT2D eigenvalue weighted by atomic mass is 10.2. The highest BCUT2D eigenvalue weighted by Crippen LogP contribution is 2.18. The zero-order valence-corrected chi connectivity index (χ0v) is 9.16. The molecule has 0 bridgehead atoms. The molecule has 0 aromatic heterocycles. The summed E-state index contributed by atoms with van der Waals surface area (Å²) in [5.74, 6) is 0.236. The van der Waals surface area contributed by atoms with Gasteiger partial charge < -0.3 is 9.47 Å². The molecule has 0 heterocycles. The second-order valence-electron chi connectivity index (χ2n) is 3.19. The molecule has 1 aromatic rings. The van der Waals surface area contributed by atoms with Crippen LogP contribution in [0, 0.1) is 0 Å². The number of para-hydroxylation sites is 1. The first-order valence-electron chi connectivity index (χ1n) is 5.09. The van der Waals surface area contributed by atoms with E-state index >= 15 is 0 Å². The second kappa shape index (κ2) is 6.06. The number of carbonyl (C=O) groups is 1. The normalized spacial score (nSPS) is 9.73. The van der Waals surface area contributed by atoms with E-state index in [0.29, 0.717) is 17.9 Å². The van der Waals surface area contributed by atoms with E-state index in [1.807, 2.05) is 6.07 Å². The van der Waals surface area contributed by atoms with E-state index in [-0.39, 0.29) is 5.97 Å². The molecule has 0 aliphatic carbocycles. The molecule has 0 saturated heterocycles. The average molecular weight is 208 g/mol. The Labute approximate surface area is 90.0 Å². The van der Waals surface area contributed by atoms with Gasteiger partial charge in [0.25, 0.3) is 0 Å². The minimum Gasteiger partial charge on any atom is -0.493 e. The number of methoxy groups -OCH3 is 1. The lowest BCUT2D eigenvalue weighted by molar-refractivity contribution is 0.0596. The fourth-order valence-corrected chi connectivity index (χ4v) is 1.20.